The Labute approximate surface area is 103 Å². The zero-order valence-electron chi connectivity index (χ0n) is 11.6. The van der Waals surface area contributed by atoms with E-state index < -0.39 is 0 Å². The fourth-order valence-corrected chi connectivity index (χ4v) is 2.03. The molecule has 0 aliphatic carbocycles. The Kier molecular flexibility index (Phi) is 11.0. The second-order valence-electron chi connectivity index (χ2n) is 5.15. The third kappa shape index (κ3) is 10.2. The molecule has 0 aromatic carbocycles. The van der Waals surface area contributed by atoms with Gasteiger partial charge in [0.25, 0.3) is 0 Å². The predicted molar refractivity (Wildman–Crippen MR) is 74.8 cm³/mol. The second kappa shape index (κ2) is 11.2. The fourth-order valence-electron chi connectivity index (χ4n) is 2.03. The molecule has 1 heteroatoms. The molecule has 1 atom stereocenters. The lowest BCUT2D eigenvalue weighted by molar-refractivity contribution is 0.404. The molecule has 0 aromatic heterocycles. The van der Waals surface area contributed by atoms with Gasteiger partial charge in [0, 0.05) is 6.04 Å². The minimum atomic E-state index is 0.746. The highest BCUT2D eigenvalue weighted by atomic mass is 14.9. The lowest BCUT2D eigenvalue weighted by Gasteiger charge is -2.18. The van der Waals surface area contributed by atoms with Crippen LogP contribution in [0.15, 0.2) is 12.7 Å². The maximum absolute atomic E-state index is 3.76. The summed E-state index contributed by atoms with van der Waals surface area (Å²) >= 11 is 0. The Morgan fingerprint density at radius 2 is 1.81 bits per heavy atom. The molecule has 16 heavy (non-hydrogen) atoms. The highest BCUT2D eigenvalue weighted by molar-refractivity contribution is 4.69. The highest BCUT2D eigenvalue weighted by Crippen LogP contribution is 2.13. The van der Waals surface area contributed by atoms with Crippen LogP contribution in [0.5, 0.6) is 0 Å². The van der Waals surface area contributed by atoms with Gasteiger partial charge in [-0.05, 0) is 44.6 Å². The van der Waals surface area contributed by atoms with E-state index in [-0.39, 0.29) is 0 Å². The summed E-state index contributed by atoms with van der Waals surface area (Å²) in [6, 6.07) is 0.746. The van der Waals surface area contributed by atoms with Gasteiger partial charge in [-0.25, -0.2) is 0 Å². The van der Waals surface area contributed by atoms with E-state index >= 15 is 0 Å². The standard InChI is InChI=1S/C15H31N/c1-5-7-8-9-10-11-15(16-6-2)13-12-14(3)4/h5,14-16H,1,6-13H2,2-4H3. The first-order valence-corrected chi connectivity index (χ1v) is 7.05. The van der Waals surface area contributed by atoms with Crippen LogP contribution in [0.4, 0.5) is 0 Å². The predicted octanol–water partition coefficient (Wildman–Crippen LogP) is 4.54. The third-order valence-electron chi connectivity index (χ3n) is 3.05. The van der Waals surface area contributed by atoms with Crippen LogP contribution in [0, 0.1) is 5.92 Å². The minimum Gasteiger partial charge on any atom is -0.314 e. The van der Waals surface area contributed by atoms with E-state index in [2.05, 4.69) is 32.7 Å². The van der Waals surface area contributed by atoms with Crippen LogP contribution in [0.2, 0.25) is 0 Å². The number of rotatable bonds is 11. The number of allylic oxidation sites excluding steroid dienone is 1. The summed E-state index contributed by atoms with van der Waals surface area (Å²) in [6.45, 7) is 11.7. The van der Waals surface area contributed by atoms with E-state index in [1.54, 1.807) is 0 Å². The summed E-state index contributed by atoms with van der Waals surface area (Å²) in [4.78, 5) is 0. The molecule has 0 spiro atoms. The quantitative estimate of drug-likeness (QED) is 0.402. The van der Waals surface area contributed by atoms with Crippen LogP contribution in [0.1, 0.15) is 65.7 Å². The summed E-state index contributed by atoms with van der Waals surface area (Å²) in [5, 5.41) is 3.61. The summed E-state index contributed by atoms with van der Waals surface area (Å²) in [5.74, 6) is 0.835. The largest absolute Gasteiger partial charge is 0.314 e. The smallest absolute Gasteiger partial charge is 0.00670 e. The van der Waals surface area contributed by atoms with Gasteiger partial charge in [0.1, 0.15) is 0 Å². The monoisotopic (exact) mass is 225 g/mol. The van der Waals surface area contributed by atoms with Crippen molar-refractivity contribution in [1.29, 1.82) is 0 Å². The number of unbranched alkanes of at least 4 members (excludes halogenated alkanes) is 3. The number of hydrogen-bond donors (Lipinski definition) is 1. The van der Waals surface area contributed by atoms with E-state index in [1.165, 1.54) is 44.9 Å². The normalized spacial score (nSPS) is 13.0. The molecule has 0 amide bonds. The fraction of sp³-hybridized carbons (Fsp3) is 0.867. The molecule has 0 saturated heterocycles. The van der Waals surface area contributed by atoms with Gasteiger partial charge >= 0.3 is 0 Å². The summed E-state index contributed by atoms with van der Waals surface area (Å²) < 4.78 is 0. The molecular formula is C15H31N. The van der Waals surface area contributed by atoms with Gasteiger partial charge in [0.15, 0.2) is 0 Å². The van der Waals surface area contributed by atoms with Crippen LogP contribution < -0.4 is 5.32 Å². The Morgan fingerprint density at radius 1 is 1.06 bits per heavy atom. The van der Waals surface area contributed by atoms with E-state index in [0.717, 1.165) is 18.5 Å². The lowest BCUT2D eigenvalue weighted by atomic mass is 9.98. The van der Waals surface area contributed by atoms with Crippen LogP contribution >= 0.6 is 0 Å². The van der Waals surface area contributed by atoms with Crippen molar-refractivity contribution in [2.75, 3.05) is 6.54 Å². The summed E-state index contributed by atoms with van der Waals surface area (Å²) in [5.41, 5.74) is 0. The highest BCUT2D eigenvalue weighted by Gasteiger charge is 2.07. The molecule has 1 N–H and O–H groups in total. The summed E-state index contributed by atoms with van der Waals surface area (Å²) in [6.07, 6.45) is 11.3. The molecule has 0 heterocycles. The van der Waals surface area contributed by atoms with Crippen LogP contribution in [0.25, 0.3) is 0 Å². The Hall–Kier alpha value is -0.300. The van der Waals surface area contributed by atoms with Crippen molar-refractivity contribution in [1.82, 2.24) is 5.32 Å². The zero-order chi connectivity index (χ0) is 12.2. The van der Waals surface area contributed by atoms with Gasteiger partial charge in [-0.1, -0.05) is 39.7 Å². The maximum Gasteiger partial charge on any atom is 0.00670 e. The van der Waals surface area contributed by atoms with Crippen molar-refractivity contribution in [2.24, 2.45) is 5.92 Å². The van der Waals surface area contributed by atoms with Gasteiger partial charge in [-0.2, -0.15) is 0 Å². The number of nitrogens with one attached hydrogen (secondary N) is 1. The first-order valence-electron chi connectivity index (χ1n) is 7.05. The molecule has 0 rings (SSSR count). The summed E-state index contributed by atoms with van der Waals surface area (Å²) in [7, 11) is 0. The van der Waals surface area contributed by atoms with Crippen molar-refractivity contribution in [3.8, 4) is 0 Å². The molecule has 1 nitrogen and oxygen atoms in total. The average Bonchev–Trinajstić information content (AvgIpc) is 2.25. The van der Waals surface area contributed by atoms with E-state index in [9.17, 15) is 0 Å². The second-order valence-corrected chi connectivity index (χ2v) is 5.15. The third-order valence-corrected chi connectivity index (χ3v) is 3.05. The van der Waals surface area contributed by atoms with Crippen molar-refractivity contribution < 1.29 is 0 Å². The first-order chi connectivity index (χ1) is 7.70. The molecule has 0 fully saturated rings. The molecule has 0 aliphatic heterocycles. The van der Waals surface area contributed by atoms with Crippen molar-refractivity contribution in [2.45, 2.75) is 71.8 Å². The van der Waals surface area contributed by atoms with Crippen molar-refractivity contribution in [3.05, 3.63) is 12.7 Å². The van der Waals surface area contributed by atoms with Crippen LogP contribution in [-0.4, -0.2) is 12.6 Å². The Morgan fingerprint density at radius 3 is 2.38 bits per heavy atom. The molecule has 1 unspecified atom stereocenters. The molecule has 0 bridgehead atoms. The molecular weight excluding hydrogens is 194 g/mol. The first kappa shape index (κ1) is 15.7. The molecule has 0 radical (unpaired) electrons. The van der Waals surface area contributed by atoms with Crippen LogP contribution in [0.3, 0.4) is 0 Å². The molecule has 96 valence electrons. The van der Waals surface area contributed by atoms with Crippen molar-refractivity contribution >= 4 is 0 Å². The van der Waals surface area contributed by atoms with Crippen molar-refractivity contribution in [3.63, 3.8) is 0 Å². The maximum atomic E-state index is 3.76. The van der Waals surface area contributed by atoms with Gasteiger partial charge in [0.2, 0.25) is 0 Å². The molecule has 0 saturated carbocycles. The van der Waals surface area contributed by atoms with Gasteiger partial charge in [-0.3, -0.25) is 0 Å². The van der Waals surface area contributed by atoms with E-state index in [1.807, 2.05) is 6.08 Å². The van der Waals surface area contributed by atoms with Crippen LogP contribution in [-0.2, 0) is 0 Å². The number of hydrogen-bond acceptors (Lipinski definition) is 1. The van der Waals surface area contributed by atoms with E-state index in [4.69, 9.17) is 0 Å². The van der Waals surface area contributed by atoms with E-state index in [0.29, 0.717) is 0 Å². The molecule has 0 aromatic rings. The Bertz CT molecular complexity index is 152. The SMILES string of the molecule is C=CCCCCCC(CCC(C)C)NCC. The van der Waals surface area contributed by atoms with Gasteiger partial charge in [-0.15, -0.1) is 6.58 Å². The minimum absolute atomic E-state index is 0.746. The average molecular weight is 225 g/mol. The zero-order valence-corrected chi connectivity index (χ0v) is 11.6. The van der Waals surface area contributed by atoms with Gasteiger partial charge < -0.3 is 5.32 Å². The van der Waals surface area contributed by atoms with Gasteiger partial charge in [0.05, 0.1) is 0 Å². The Balaban J connectivity index is 3.54. The lowest BCUT2D eigenvalue weighted by Crippen LogP contribution is -2.29. The molecule has 0 aliphatic rings. The topological polar surface area (TPSA) is 12.0 Å².